The Morgan fingerprint density at radius 2 is 1.54 bits per heavy atom. The molecule has 3 aromatic carbocycles. The Morgan fingerprint density at radius 3 is 2.20 bits per heavy atom. The lowest BCUT2D eigenvalue weighted by Gasteiger charge is -2.33. The van der Waals surface area contributed by atoms with Gasteiger partial charge in [-0.1, -0.05) is 92.4 Å². The van der Waals surface area contributed by atoms with E-state index in [2.05, 4.69) is 5.32 Å². The standard InChI is InChI=1S/C33H41N3O4S/c1-4-28-13-11-12-18-31(28)36(41(39,40)30-16-9-6-10-17-30)24-32(37)35(23-27-21-19-25(2)20-22-27)26(3)33(38)34-29-14-7-5-8-15-29/h6,9-13,16-22,26,29H,4-5,7-8,14-15,23-24H2,1-3H3,(H,34,38)/t26-/m0/s1. The molecule has 41 heavy (non-hydrogen) atoms. The number of carbonyl (C=O) groups is 2. The number of sulfonamides is 1. The number of hydrogen-bond donors (Lipinski definition) is 1. The summed E-state index contributed by atoms with van der Waals surface area (Å²) in [6, 6.07) is 22.5. The van der Waals surface area contributed by atoms with E-state index < -0.39 is 28.5 Å². The van der Waals surface area contributed by atoms with Crippen LogP contribution in [0.2, 0.25) is 0 Å². The van der Waals surface area contributed by atoms with Gasteiger partial charge in [0.2, 0.25) is 11.8 Å². The molecule has 1 fully saturated rings. The number of para-hydroxylation sites is 1. The molecule has 1 aliphatic carbocycles. The van der Waals surface area contributed by atoms with Crippen LogP contribution in [0, 0.1) is 6.92 Å². The van der Waals surface area contributed by atoms with Gasteiger partial charge < -0.3 is 10.2 Å². The van der Waals surface area contributed by atoms with Crippen molar-refractivity contribution in [3.63, 3.8) is 0 Å². The maximum atomic E-state index is 14.2. The number of rotatable bonds is 11. The van der Waals surface area contributed by atoms with Gasteiger partial charge in [-0.15, -0.1) is 0 Å². The minimum Gasteiger partial charge on any atom is -0.352 e. The first-order chi connectivity index (χ1) is 19.7. The van der Waals surface area contributed by atoms with Crippen molar-refractivity contribution < 1.29 is 18.0 Å². The maximum Gasteiger partial charge on any atom is 0.264 e. The van der Waals surface area contributed by atoms with Crippen molar-refractivity contribution in [3.05, 3.63) is 95.6 Å². The lowest BCUT2D eigenvalue weighted by molar-refractivity contribution is -0.139. The van der Waals surface area contributed by atoms with Crippen molar-refractivity contribution in [3.8, 4) is 0 Å². The molecule has 2 amide bonds. The normalized spacial score (nSPS) is 14.7. The summed E-state index contributed by atoms with van der Waals surface area (Å²) in [5, 5.41) is 3.14. The molecule has 1 atom stereocenters. The van der Waals surface area contributed by atoms with Crippen LogP contribution in [0.25, 0.3) is 0 Å². The highest BCUT2D eigenvalue weighted by molar-refractivity contribution is 7.92. The molecule has 0 bridgehead atoms. The van der Waals surface area contributed by atoms with Crippen molar-refractivity contribution >= 4 is 27.5 Å². The third kappa shape index (κ3) is 7.55. The zero-order valence-corrected chi connectivity index (χ0v) is 25.1. The van der Waals surface area contributed by atoms with Crippen molar-refractivity contribution in [1.82, 2.24) is 10.2 Å². The van der Waals surface area contributed by atoms with Gasteiger partial charge in [0, 0.05) is 12.6 Å². The molecule has 0 spiro atoms. The molecule has 1 aliphatic rings. The van der Waals surface area contributed by atoms with Gasteiger partial charge in [0.05, 0.1) is 10.6 Å². The summed E-state index contributed by atoms with van der Waals surface area (Å²) in [6.07, 6.45) is 5.79. The number of aryl methyl sites for hydroxylation is 2. The minimum atomic E-state index is -4.08. The van der Waals surface area contributed by atoms with Gasteiger partial charge in [-0.3, -0.25) is 13.9 Å². The lowest BCUT2D eigenvalue weighted by atomic mass is 9.95. The van der Waals surface area contributed by atoms with E-state index in [1.54, 1.807) is 37.3 Å². The SMILES string of the molecule is CCc1ccccc1N(CC(=O)N(Cc1ccc(C)cc1)[C@@H](C)C(=O)NC1CCCCC1)S(=O)(=O)c1ccccc1. The first kappa shape index (κ1) is 30.3. The molecule has 0 saturated heterocycles. The molecular formula is C33H41N3O4S. The summed E-state index contributed by atoms with van der Waals surface area (Å²) in [5.74, 6) is -0.661. The lowest BCUT2D eigenvalue weighted by Crippen LogP contribution is -2.53. The van der Waals surface area contributed by atoms with E-state index in [9.17, 15) is 18.0 Å². The third-order valence-electron chi connectivity index (χ3n) is 7.84. The summed E-state index contributed by atoms with van der Waals surface area (Å²) < 4.78 is 29.2. The van der Waals surface area contributed by atoms with Crippen LogP contribution in [-0.2, 0) is 32.6 Å². The van der Waals surface area contributed by atoms with E-state index in [0.717, 1.165) is 42.4 Å². The Balaban J connectivity index is 1.69. The number of carbonyl (C=O) groups excluding carboxylic acids is 2. The highest BCUT2D eigenvalue weighted by Crippen LogP contribution is 2.28. The van der Waals surface area contributed by atoms with Gasteiger partial charge in [-0.25, -0.2) is 8.42 Å². The van der Waals surface area contributed by atoms with Crippen LogP contribution >= 0.6 is 0 Å². The van der Waals surface area contributed by atoms with Gasteiger partial charge >= 0.3 is 0 Å². The molecule has 0 aliphatic heterocycles. The molecule has 7 nitrogen and oxygen atoms in total. The molecule has 0 unspecified atom stereocenters. The van der Waals surface area contributed by atoms with E-state index in [-0.39, 0.29) is 23.4 Å². The number of hydrogen-bond acceptors (Lipinski definition) is 4. The van der Waals surface area contributed by atoms with E-state index in [1.807, 2.05) is 50.2 Å². The number of benzene rings is 3. The van der Waals surface area contributed by atoms with Gasteiger partial charge in [-0.2, -0.15) is 0 Å². The van der Waals surface area contributed by atoms with Crippen LogP contribution in [0.5, 0.6) is 0 Å². The van der Waals surface area contributed by atoms with Crippen LogP contribution in [0.4, 0.5) is 5.69 Å². The molecule has 1 saturated carbocycles. The molecule has 4 rings (SSSR count). The fourth-order valence-corrected chi connectivity index (χ4v) is 6.80. The predicted octanol–water partition coefficient (Wildman–Crippen LogP) is 5.62. The van der Waals surface area contributed by atoms with Crippen LogP contribution in [0.1, 0.15) is 62.6 Å². The van der Waals surface area contributed by atoms with Crippen LogP contribution < -0.4 is 9.62 Å². The number of anilines is 1. The van der Waals surface area contributed by atoms with Crippen LogP contribution in [0.3, 0.4) is 0 Å². The summed E-state index contributed by atoms with van der Waals surface area (Å²) in [7, 11) is -4.08. The second-order valence-electron chi connectivity index (χ2n) is 10.8. The van der Waals surface area contributed by atoms with Gasteiger partial charge in [-0.05, 0) is 62.4 Å². The fraction of sp³-hybridized carbons (Fsp3) is 0.394. The topological polar surface area (TPSA) is 86.8 Å². The Bertz CT molecular complexity index is 1420. The second-order valence-corrected chi connectivity index (χ2v) is 12.7. The third-order valence-corrected chi connectivity index (χ3v) is 9.62. The highest BCUT2D eigenvalue weighted by Gasteiger charge is 2.33. The minimum absolute atomic E-state index is 0.0985. The molecular weight excluding hydrogens is 534 g/mol. The van der Waals surface area contributed by atoms with E-state index in [4.69, 9.17) is 0 Å². The zero-order valence-electron chi connectivity index (χ0n) is 24.3. The summed E-state index contributed by atoms with van der Waals surface area (Å²) in [5.41, 5.74) is 3.23. The fourth-order valence-electron chi connectivity index (χ4n) is 5.33. The van der Waals surface area contributed by atoms with Gasteiger partial charge in [0.25, 0.3) is 10.0 Å². The average molecular weight is 576 g/mol. The predicted molar refractivity (Wildman–Crippen MR) is 163 cm³/mol. The van der Waals surface area contributed by atoms with Crippen molar-refractivity contribution in [2.24, 2.45) is 0 Å². The number of nitrogens with zero attached hydrogens (tertiary/aromatic N) is 2. The van der Waals surface area contributed by atoms with E-state index >= 15 is 0 Å². The summed E-state index contributed by atoms with van der Waals surface area (Å²) in [6.45, 7) is 5.42. The van der Waals surface area contributed by atoms with E-state index in [0.29, 0.717) is 12.1 Å². The first-order valence-corrected chi connectivity index (χ1v) is 16.0. The Kier molecular flexibility index (Phi) is 10.2. The van der Waals surface area contributed by atoms with Crippen molar-refractivity contribution in [2.75, 3.05) is 10.8 Å². The van der Waals surface area contributed by atoms with Crippen molar-refractivity contribution in [1.29, 1.82) is 0 Å². The van der Waals surface area contributed by atoms with E-state index in [1.165, 1.54) is 27.8 Å². The van der Waals surface area contributed by atoms with Crippen LogP contribution in [0.15, 0.2) is 83.8 Å². The second kappa shape index (κ2) is 13.8. The summed E-state index contributed by atoms with van der Waals surface area (Å²) in [4.78, 5) is 29.2. The van der Waals surface area contributed by atoms with Crippen LogP contribution in [-0.4, -0.2) is 43.8 Å². The van der Waals surface area contributed by atoms with Crippen molar-refractivity contribution in [2.45, 2.75) is 82.8 Å². The smallest absolute Gasteiger partial charge is 0.264 e. The Labute approximate surface area is 244 Å². The average Bonchev–Trinajstić information content (AvgIpc) is 3.00. The largest absolute Gasteiger partial charge is 0.352 e. The van der Waals surface area contributed by atoms with Gasteiger partial charge in [0.15, 0.2) is 0 Å². The monoisotopic (exact) mass is 575 g/mol. The molecule has 8 heteroatoms. The maximum absolute atomic E-state index is 14.2. The Hall–Kier alpha value is -3.65. The molecule has 0 aromatic heterocycles. The first-order valence-electron chi connectivity index (χ1n) is 14.5. The number of nitrogens with one attached hydrogen (secondary N) is 1. The summed E-state index contributed by atoms with van der Waals surface area (Å²) >= 11 is 0. The quantitative estimate of drug-likeness (QED) is 0.322. The molecule has 3 aromatic rings. The zero-order chi connectivity index (χ0) is 29.4. The van der Waals surface area contributed by atoms with Gasteiger partial charge in [0.1, 0.15) is 12.6 Å². The molecule has 1 N–H and O–H groups in total. The number of amides is 2. The molecule has 0 radical (unpaired) electrons. The molecule has 0 heterocycles. The highest BCUT2D eigenvalue weighted by atomic mass is 32.2. The molecule has 218 valence electrons. The Morgan fingerprint density at radius 1 is 0.902 bits per heavy atom.